The number of hydrogen-bond acceptors (Lipinski definition) is 10. The molecule has 0 saturated carbocycles. The van der Waals surface area contributed by atoms with E-state index in [1.807, 2.05) is 0 Å². The molecule has 2 heterocycles. The van der Waals surface area contributed by atoms with Crippen molar-refractivity contribution in [2.45, 2.75) is 42.8 Å². The Morgan fingerprint density at radius 2 is 1.83 bits per heavy atom. The molecule has 1 saturated heterocycles. The number of methoxy groups -OCH3 is 2. The van der Waals surface area contributed by atoms with Crippen molar-refractivity contribution in [2.75, 3.05) is 60.2 Å². The number of amides is 2. The lowest BCUT2D eigenvalue weighted by Crippen LogP contribution is -2.38. The van der Waals surface area contributed by atoms with E-state index in [2.05, 4.69) is 5.32 Å². The quantitative estimate of drug-likeness (QED) is 0.202. The number of ether oxygens (including phenoxy) is 4. The lowest BCUT2D eigenvalue weighted by molar-refractivity contribution is -0.146. The molecule has 13 nitrogen and oxygen atoms in total. The van der Waals surface area contributed by atoms with E-state index in [4.69, 9.17) is 18.9 Å². The minimum absolute atomic E-state index is 0.0436. The van der Waals surface area contributed by atoms with Crippen LogP contribution in [0.5, 0.6) is 5.75 Å². The first kappa shape index (κ1) is 34.9. The molecule has 2 aromatic carbocycles. The summed E-state index contributed by atoms with van der Waals surface area (Å²) in [5.74, 6) is -0.544. The van der Waals surface area contributed by atoms with Gasteiger partial charge in [-0.15, -0.1) is 0 Å². The number of hydrogen-bond donors (Lipinski definition) is 2. The summed E-state index contributed by atoms with van der Waals surface area (Å²) in [6.07, 6.45) is 3.11. The molecule has 2 unspecified atom stereocenters. The van der Waals surface area contributed by atoms with E-state index in [1.165, 1.54) is 26.4 Å². The molecule has 2 N–H and O–H groups in total. The maximum absolute atomic E-state index is 13.3. The molecule has 2 amide bonds. The largest absolute Gasteiger partial charge is 0.497 e. The second-order valence-corrected chi connectivity index (χ2v) is 12.7. The molecule has 0 aliphatic carbocycles. The van der Waals surface area contributed by atoms with Crippen LogP contribution in [0.25, 0.3) is 0 Å². The van der Waals surface area contributed by atoms with Gasteiger partial charge in [-0.2, -0.15) is 4.31 Å². The van der Waals surface area contributed by atoms with Crippen LogP contribution in [-0.2, 0) is 33.8 Å². The highest BCUT2D eigenvalue weighted by molar-refractivity contribution is 7.89. The maximum atomic E-state index is 13.3. The number of rotatable bonds is 16. The van der Waals surface area contributed by atoms with E-state index in [-0.39, 0.29) is 42.2 Å². The van der Waals surface area contributed by atoms with Crippen LogP contribution in [0.1, 0.15) is 47.5 Å². The first-order valence-electron chi connectivity index (χ1n) is 15.2. The average Bonchev–Trinajstić information content (AvgIpc) is 3.49. The molecule has 2 atom stereocenters. The molecule has 1 fully saturated rings. The number of sulfonamides is 1. The SMILES string of the molecule is COC(=O)c1ccc(C2C=C(C(=O)NCCCN3CCCC3=O)OC(OCCN(CCO)S(=O)(=O)c3ccc(OC)cc3)C2)cc1. The van der Waals surface area contributed by atoms with Crippen molar-refractivity contribution >= 4 is 27.8 Å². The van der Waals surface area contributed by atoms with Crippen molar-refractivity contribution < 1.29 is 46.9 Å². The summed E-state index contributed by atoms with van der Waals surface area (Å²) in [6.45, 7) is 0.942. The van der Waals surface area contributed by atoms with Crippen LogP contribution in [0.2, 0.25) is 0 Å². The Bertz CT molecular complexity index is 1480. The molecule has 0 aromatic heterocycles. The van der Waals surface area contributed by atoms with Crippen LogP contribution in [0.15, 0.2) is 65.3 Å². The van der Waals surface area contributed by atoms with Crippen LogP contribution < -0.4 is 10.1 Å². The van der Waals surface area contributed by atoms with Gasteiger partial charge in [-0.1, -0.05) is 12.1 Å². The zero-order valence-corrected chi connectivity index (χ0v) is 26.9. The summed E-state index contributed by atoms with van der Waals surface area (Å²) in [5.41, 5.74) is 1.19. The molecule has 2 aromatic rings. The Kier molecular flexibility index (Phi) is 12.5. The zero-order chi connectivity index (χ0) is 33.1. The third-order valence-electron chi connectivity index (χ3n) is 7.79. The Morgan fingerprint density at radius 3 is 2.46 bits per heavy atom. The Labute approximate surface area is 269 Å². The maximum Gasteiger partial charge on any atom is 0.337 e. The van der Waals surface area contributed by atoms with Gasteiger partial charge in [-0.05, 0) is 60.9 Å². The van der Waals surface area contributed by atoms with Crippen LogP contribution in [0.4, 0.5) is 0 Å². The first-order valence-corrected chi connectivity index (χ1v) is 16.6. The molecular weight excluding hydrogens is 618 g/mol. The number of aliphatic hydroxyl groups excluding tert-OH is 1. The molecule has 4 rings (SSSR count). The highest BCUT2D eigenvalue weighted by atomic mass is 32.2. The lowest BCUT2D eigenvalue weighted by Gasteiger charge is -2.30. The summed E-state index contributed by atoms with van der Waals surface area (Å²) in [7, 11) is -1.16. The highest BCUT2D eigenvalue weighted by Crippen LogP contribution is 2.32. The fourth-order valence-electron chi connectivity index (χ4n) is 5.28. The molecule has 46 heavy (non-hydrogen) atoms. The number of esters is 1. The molecule has 0 spiro atoms. The minimum Gasteiger partial charge on any atom is -0.497 e. The predicted molar refractivity (Wildman–Crippen MR) is 166 cm³/mol. The second-order valence-electron chi connectivity index (χ2n) is 10.8. The molecule has 250 valence electrons. The Morgan fingerprint density at radius 1 is 1.09 bits per heavy atom. The van der Waals surface area contributed by atoms with E-state index in [9.17, 15) is 27.9 Å². The van der Waals surface area contributed by atoms with E-state index >= 15 is 0 Å². The van der Waals surface area contributed by atoms with Crippen molar-refractivity contribution in [3.63, 3.8) is 0 Å². The summed E-state index contributed by atoms with van der Waals surface area (Å²) in [6, 6.07) is 12.7. The number of aliphatic hydroxyl groups is 1. The molecule has 0 bridgehead atoms. The average molecular weight is 660 g/mol. The van der Waals surface area contributed by atoms with E-state index in [0.717, 1.165) is 22.8 Å². The van der Waals surface area contributed by atoms with Gasteiger partial charge >= 0.3 is 5.97 Å². The fraction of sp³-hybridized carbons (Fsp3) is 0.469. The third kappa shape index (κ3) is 9.06. The highest BCUT2D eigenvalue weighted by Gasteiger charge is 2.30. The van der Waals surface area contributed by atoms with Crippen LogP contribution in [-0.4, -0.2) is 107 Å². The third-order valence-corrected chi connectivity index (χ3v) is 9.71. The van der Waals surface area contributed by atoms with Crippen molar-refractivity contribution in [1.29, 1.82) is 0 Å². The van der Waals surface area contributed by atoms with E-state index in [1.54, 1.807) is 47.4 Å². The summed E-state index contributed by atoms with van der Waals surface area (Å²) in [4.78, 5) is 38.7. The number of likely N-dealkylation sites (tertiary alicyclic amines) is 1. The normalized spacial score (nSPS) is 18.2. The molecular formula is C32H41N3O10S. The van der Waals surface area contributed by atoms with Gasteiger partial charge in [0.15, 0.2) is 5.76 Å². The Hall–Kier alpha value is -3.98. The summed E-state index contributed by atoms with van der Waals surface area (Å²) in [5, 5.41) is 12.4. The number of carbonyl (C=O) groups is 3. The van der Waals surface area contributed by atoms with E-state index in [0.29, 0.717) is 43.7 Å². The van der Waals surface area contributed by atoms with Gasteiger partial charge in [0.1, 0.15) is 5.75 Å². The molecule has 2 aliphatic rings. The second kappa shape index (κ2) is 16.5. The van der Waals surface area contributed by atoms with Gasteiger partial charge in [-0.25, -0.2) is 13.2 Å². The predicted octanol–water partition coefficient (Wildman–Crippen LogP) is 2.02. The van der Waals surface area contributed by atoms with Gasteiger partial charge in [0.05, 0.1) is 37.9 Å². The number of benzene rings is 2. The molecule has 2 aliphatic heterocycles. The standard InChI is InChI=1S/C32H41N3O10S/c1-42-26-10-12-27(13-11-26)46(40,41)35(17-19-36)18-20-44-30-22-25(23-6-8-24(9-7-23)32(39)43-2)21-28(45-30)31(38)33-14-4-16-34-15-3-5-29(34)37/h6-13,21,25,30,36H,3-5,14-20,22H2,1-2H3,(H,33,38). The zero-order valence-electron chi connectivity index (χ0n) is 26.1. The van der Waals surface area contributed by atoms with Gasteiger partial charge in [0.25, 0.3) is 5.91 Å². The Balaban J connectivity index is 1.42. The lowest BCUT2D eigenvalue weighted by atomic mass is 9.92. The molecule has 14 heteroatoms. The van der Waals surface area contributed by atoms with Gasteiger partial charge in [0, 0.05) is 51.5 Å². The van der Waals surface area contributed by atoms with Gasteiger partial charge in [0.2, 0.25) is 22.2 Å². The summed E-state index contributed by atoms with van der Waals surface area (Å²) < 4.78 is 49.5. The van der Waals surface area contributed by atoms with Gasteiger partial charge in [-0.3, -0.25) is 9.59 Å². The number of allylic oxidation sites excluding steroid dienone is 1. The van der Waals surface area contributed by atoms with Gasteiger partial charge < -0.3 is 34.3 Å². The van der Waals surface area contributed by atoms with Crippen LogP contribution >= 0.6 is 0 Å². The number of nitrogens with zero attached hydrogens (tertiary/aromatic N) is 2. The van der Waals surface area contributed by atoms with Crippen molar-refractivity contribution in [3.05, 3.63) is 71.5 Å². The van der Waals surface area contributed by atoms with E-state index < -0.39 is 34.8 Å². The number of nitrogens with one attached hydrogen (secondary N) is 1. The van der Waals surface area contributed by atoms with Crippen LogP contribution in [0.3, 0.4) is 0 Å². The fourth-order valence-corrected chi connectivity index (χ4v) is 6.70. The molecule has 0 radical (unpaired) electrons. The monoisotopic (exact) mass is 659 g/mol. The summed E-state index contributed by atoms with van der Waals surface area (Å²) >= 11 is 0. The minimum atomic E-state index is -3.95. The first-order chi connectivity index (χ1) is 22.2. The topological polar surface area (TPSA) is 161 Å². The smallest absolute Gasteiger partial charge is 0.337 e. The van der Waals surface area contributed by atoms with Crippen molar-refractivity contribution in [3.8, 4) is 5.75 Å². The number of carbonyl (C=O) groups excluding carboxylic acids is 3. The van der Waals surface area contributed by atoms with Crippen molar-refractivity contribution in [1.82, 2.24) is 14.5 Å². The van der Waals surface area contributed by atoms with Crippen molar-refractivity contribution in [2.24, 2.45) is 0 Å². The van der Waals surface area contributed by atoms with Crippen LogP contribution in [0, 0.1) is 0 Å².